The van der Waals surface area contributed by atoms with Gasteiger partial charge in [0.25, 0.3) is 0 Å². The van der Waals surface area contributed by atoms with Crippen LogP contribution in [0.25, 0.3) is 0 Å². The third-order valence-electron chi connectivity index (χ3n) is 3.81. The zero-order valence-corrected chi connectivity index (χ0v) is 12.2. The Balaban J connectivity index is 2.09. The molecule has 2 fully saturated rings. The van der Waals surface area contributed by atoms with Gasteiger partial charge in [-0.05, 0) is 38.4 Å². The van der Waals surface area contributed by atoms with E-state index in [1.165, 1.54) is 0 Å². The maximum absolute atomic E-state index is 12.5. The van der Waals surface area contributed by atoms with Crippen molar-refractivity contribution in [1.82, 2.24) is 10.2 Å². The molecule has 1 aliphatic carbocycles. The Morgan fingerprint density at radius 2 is 2.06 bits per heavy atom. The van der Waals surface area contributed by atoms with Crippen molar-refractivity contribution in [2.24, 2.45) is 5.92 Å². The minimum atomic E-state index is -0.712. The molecule has 4 nitrogen and oxygen atoms in total. The van der Waals surface area contributed by atoms with Gasteiger partial charge in [-0.3, -0.25) is 9.59 Å². The minimum absolute atomic E-state index is 0.0134. The monoisotopic (exact) mass is 270 g/mol. The van der Waals surface area contributed by atoms with E-state index >= 15 is 0 Å². The fourth-order valence-corrected chi connectivity index (χ4v) is 2.98. The molecule has 2 amide bonds. The number of hydrogen-bond donors (Lipinski definition) is 1. The predicted octanol–water partition coefficient (Wildman–Crippen LogP) is 1.26. The number of thioether (sulfide) groups is 1. The summed E-state index contributed by atoms with van der Waals surface area (Å²) in [5, 5.41) is 2.90. The van der Waals surface area contributed by atoms with Gasteiger partial charge in [0.05, 0.1) is 0 Å². The maximum Gasteiger partial charge on any atom is 0.246 e. The highest BCUT2D eigenvalue weighted by Gasteiger charge is 2.50. The standard InChI is InChI=1S/C13H22N2O2S/c1-4-18-8-7-15-11(16)10(9-5-6-9)14-12(17)13(15,2)3/h9-10H,4-8H2,1-3H3,(H,14,17). The number of rotatable bonds is 5. The Bertz CT molecular complexity index is 353. The van der Waals surface area contributed by atoms with E-state index in [1.807, 2.05) is 13.8 Å². The van der Waals surface area contributed by atoms with Crippen LogP contribution in [0.2, 0.25) is 0 Å². The topological polar surface area (TPSA) is 49.4 Å². The van der Waals surface area contributed by atoms with Crippen molar-refractivity contribution in [2.45, 2.75) is 45.2 Å². The van der Waals surface area contributed by atoms with Gasteiger partial charge in [0, 0.05) is 12.3 Å². The van der Waals surface area contributed by atoms with Crippen LogP contribution in [0.15, 0.2) is 0 Å². The first-order valence-electron chi connectivity index (χ1n) is 6.68. The number of carbonyl (C=O) groups excluding carboxylic acids is 2. The normalized spacial score (nSPS) is 27.3. The predicted molar refractivity (Wildman–Crippen MR) is 73.4 cm³/mol. The van der Waals surface area contributed by atoms with Crippen LogP contribution < -0.4 is 5.32 Å². The SMILES string of the molecule is CCSCCN1C(=O)C(C2CC2)NC(=O)C1(C)C. The number of hydrogen-bond acceptors (Lipinski definition) is 3. The highest BCUT2D eigenvalue weighted by atomic mass is 32.2. The summed E-state index contributed by atoms with van der Waals surface area (Å²) in [6.45, 7) is 6.44. The van der Waals surface area contributed by atoms with Crippen LogP contribution in [0.1, 0.15) is 33.6 Å². The Hall–Kier alpha value is -0.710. The van der Waals surface area contributed by atoms with Crippen molar-refractivity contribution in [3.8, 4) is 0 Å². The zero-order valence-electron chi connectivity index (χ0n) is 11.4. The minimum Gasteiger partial charge on any atom is -0.342 e. The molecule has 0 aromatic carbocycles. The smallest absolute Gasteiger partial charge is 0.246 e. The second kappa shape index (κ2) is 5.11. The van der Waals surface area contributed by atoms with Crippen LogP contribution in [0.5, 0.6) is 0 Å². The molecule has 1 heterocycles. The molecule has 102 valence electrons. The molecule has 2 rings (SSSR count). The van der Waals surface area contributed by atoms with Gasteiger partial charge >= 0.3 is 0 Å². The molecule has 18 heavy (non-hydrogen) atoms. The molecule has 1 saturated heterocycles. The Morgan fingerprint density at radius 3 is 2.61 bits per heavy atom. The Kier molecular flexibility index (Phi) is 3.90. The van der Waals surface area contributed by atoms with Crippen molar-refractivity contribution >= 4 is 23.6 Å². The summed E-state index contributed by atoms with van der Waals surface area (Å²) in [4.78, 5) is 26.4. The highest BCUT2D eigenvalue weighted by molar-refractivity contribution is 7.99. The van der Waals surface area contributed by atoms with Crippen molar-refractivity contribution in [3.63, 3.8) is 0 Å². The van der Waals surface area contributed by atoms with Gasteiger partial charge in [-0.1, -0.05) is 6.92 Å². The van der Waals surface area contributed by atoms with Gasteiger partial charge in [0.1, 0.15) is 11.6 Å². The fourth-order valence-electron chi connectivity index (χ4n) is 2.38. The molecule has 1 N–H and O–H groups in total. The maximum atomic E-state index is 12.5. The average molecular weight is 270 g/mol. The molecule has 0 aromatic rings. The third kappa shape index (κ3) is 2.51. The van der Waals surface area contributed by atoms with Gasteiger partial charge in [0.15, 0.2) is 0 Å². The third-order valence-corrected chi connectivity index (χ3v) is 4.69. The lowest BCUT2D eigenvalue weighted by atomic mass is 9.94. The van der Waals surface area contributed by atoms with Crippen molar-refractivity contribution in [1.29, 1.82) is 0 Å². The summed E-state index contributed by atoms with van der Waals surface area (Å²) in [5.41, 5.74) is -0.712. The lowest BCUT2D eigenvalue weighted by molar-refractivity contribution is -0.155. The molecule has 0 bridgehead atoms. The molecule has 1 unspecified atom stereocenters. The second-order valence-corrected chi connectivity index (χ2v) is 6.93. The first-order chi connectivity index (χ1) is 8.48. The molecule has 2 aliphatic rings. The summed E-state index contributed by atoms with van der Waals surface area (Å²) in [6, 6.07) is -0.267. The summed E-state index contributed by atoms with van der Waals surface area (Å²) in [5.74, 6) is 2.41. The van der Waals surface area contributed by atoms with E-state index in [-0.39, 0.29) is 17.9 Å². The van der Waals surface area contributed by atoms with Crippen LogP contribution in [0.3, 0.4) is 0 Å². The van der Waals surface area contributed by atoms with Crippen LogP contribution in [0, 0.1) is 5.92 Å². The molecule has 0 aromatic heterocycles. The quantitative estimate of drug-likeness (QED) is 0.765. The zero-order chi connectivity index (χ0) is 13.3. The molecule has 1 aliphatic heterocycles. The summed E-state index contributed by atoms with van der Waals surface area (Å²) < 4.78 is 0. The van der Waals surface area contributed by atoms with Crippen LogP contribution in [-0.2, 0) is 9.59 Å². The number of piperazine rings is 1. The molecular formula is C13H22N2O2S. The summed E-state index contributed by atoms with van der Waals surface area (Å²) in [7, 11) is 0. The molecule has 0 spiro atoms. The molecule has 0 radical (unpaired) electrons. The highest BCUT2D eigenvalue weighted by Crippen LogP contribution is 2.36. The van der Waals surface area contributed by atoms with E-state index in [9.17, 15) is 9.59 Å². The van der Waals surface area contributed by atoms with Crippen LogP contribution >= 0.6 is 11.8 Å². The van der Waals surface area contributed by atoms with E-state index in [0.717, 1.165) is 24.3 Å². The lowest BCUT2D eigenvalue weighted by Crippen LogP contribution is -2.69. The van der Waals surface area contributed by atoms with E-state index < -0.39 is 5.54 Å². The number of nitrogens with zero attached hydrogens (tertiary/aromatic N) is 1. The van der Waals surface area contributed by atoms with Crippen molar-refractivity contribution < 1.29 is 9.59 Å². The number of carbonyl (C=O) groups is 2. The Morgan fingerprint density at radius 1 is 1.39 bits per heavy atom. The van der Waals surface area contributed by atoms with E-state index in [4.69, 9.17) is 0 Å². The van der Waals surface area contributed by atoms with Gasteiger partial charge in [-0.2, -0.15) is 11.8 Å². The molecule has 5 heteroatoms. The van der Waals surface area contributed by atoms with Gasteiger partial charge in [0.2, 0.25) is 11.8 Å². The van der Waals surface area contributed by atoms with E-state index in [1.54, 1.807) is 16.7 Å². The molecule has 1 atom stereocenters. The number of nitrogens with one attached hydrogen (secondary N) is 1. The van der Waals surface area contributed by atoms with Gasteiger partial charge in [-0.25, -0.2) is 0 Å². The van der Waals surface area contributed by atoms with Crippen molar-refractivity contribution in [3.05, 3.63) is 0 Å². The first kappa shape index (κ1) is 13.7. The van der Waals surface area contributed by atoms with E-state index in [2.05, 4.69) is 12.2 Å². The largest absolute Gasteiger partial charge is 0.342 e. The Labute approximate surface area is 113 Å². The van der Waals surface area contributed by atoms with E-state index in [0.29, 0.717) is 12.5 Å². The average Bonchev–Trinajstić information content (AvgIpc) is 3.12. The summed E-state index contributed by atoms with van der Waals surface area (Å²) >= 11 is 1.81. The molecular weight excluding hydrogens is 248 g/mol. The second-order valence-electron chi connectivity index (χ2n) is 5.53. The first-order valence-corrected chi connectivity index (χ1v) is 7.84. The van der Waals surface area contributed by atoms with Crippen LogP contribution in [0.4, 0.5) is 0 Å². The summed E-state index contributed by atoms with van der Waals surface area (Å²) in [6.07, 6.45) is 2.13. The lowest BCUT2D eigenvalue weighted by Gasteiger charge is -2.44. The molecule has 1 saturated carbocycles. The fraction of sp³-hybridized carbons (Fsp3) is 0.846. The number of amides is 2. The van der Waals surface area contributed by atoms with Crippen LogP contribution in [-0.4, -0.2) is 46.3 Å². The van der Waals surface area contributed by atoms with Gasteiger partial charge < -0.3 is 10.2 Å². The van der Waals surface area contributed by atoms with Crippen molar-refractivity contribution in [2.75, 3.05) is 18.1 Å². The van der Waals surface area contributed by atoms with Gasteiger partial charge in [-0.15, -0.1) is 0 Å².